The fourth-order valence-electron chi connectivity index (χ4n) is 3.82. The van der Waals surface area contributed by atoms with Gasteiger partial charge in [-0.1, -0.05) is 18.2 Å². The van der Waals surface area contributed by atoms with Crippen LogP contribution in [-0.4, -0.2) is 19.6 Å². The fraction of sp³-hybridized carbons (Fsp3) is 0.500. The number of benzene rings is 1. The number of carbonyl (C=O) groups is 1. The molecule has 1 atom stereocenters. The highest BCUT2D eigenvalue weighted by Gasteiger charge is 2.43. The molecule has 1 aliphatic carbocycles. The van der Waals surface area contributed by atoms with Crippen LogP contribution in [0.25, 0.3) is 0 Å². The third-order valence-corrected chi connectivity index (χ3v) is 4.93. The molecular weight excluding hydrogens is 262 g/mol. The summed E-state index contributed by atoms with van der Waals surface area (Å²) in [5.41, 5.74) is 4.15. The lowest BCUT2D eigenvalue weighted by Crippen LogP contribution is -2.44. The average molecular weight is 287 g/mol. The molecule has 0 radical (unpaired) electrons. The quantitative estimate of drug-likeness (QED) is 0.668. The zero-order valence-corrected chi connectivity index (χ0v) is 12.7. The van der Waals surface area contributed by atoms with Gasteiger partial charge in [-0.05, 0) is 67.8 Å². The molecule has 1 saturated carbocycles. The minimum atomic E-state index is -0.306. The molecule has 2 fully saturated rings. The first-order valence-corrected chi connectivity index (χ1v) is 7.52. The number of piperidine rings is 1. The van der Waals surface area contributed by atoms with Crippen molar-refractivity contribution in [3.8, 4) is 0 Å². The molecule has 1 spiro atoms. The molecule has 21 heavy (non-hydrogen) atoms. The zero-order chi connectivity index (χ0) is 16.6. The first kappa shape index (κ1) is 12.0. The summed E-state index contributed by atoms with van der Waals surface area (Å²) >= 11 is 0. The maximum atomic E-state index is 11.6. The Morgan fingerprint density at radius 2 is 2.33 bits per heavy atom. The SMILES string of the molecule is [2H]C([2H])=C1CC2(CCNC(c3ccc(C(=O)OC)cc3C)C2)C1. The third kappa shape index (κ3) is 2.62. The van der Waals surface area contributed by atoms with Crippen molar-refractivity contribution in [3.05, 3.63) is 47.0 Å². The largest absolute Gasteiger partial charge is 0.465 e. The highest BCUT2D eigenvalue weighted by molar-refractivity contribution is 5.89. The number of esters is 1. The Morgan fingerprint density at radius 1 is 1.52 bits per heavy atom. The molecule has 2 aliphatic rings. The molecule has 1 aromatic carbocycles. The second-order valence-corrected chi connectivity index (χ2v) is 6.48. The van der Waals surface area contributed by atoms with E-state index in [1.807, 2.05) is 25.1 Å². The Morgan fingerprint density at radius 3 is 3.00 bits per heavy atom. The van der Waals surface area contributed by atoms with Crippen LogP contribution < -0.4 is 5.32 Å². The van der Waals surface area contributed by atoms with Gasteiger partial charge in [0.25, 0.3) is 0 Å². The first-order chi connectivity index (χ1) is 10.9. The number of aryl methyl sites for hydroxylation is 1. The molecule has 1 heterocycles. The van der Waals surface area contributed by atoms with Gasteiger partial charge in [-0.25, -0.2) is 4.79 Å². The van der Waals surface area contributed by atoms with Crippen molar-refractivity contribution in [1.82, 2.24) is 5.32 Å². The van der Waals surface area contributed by atoms with E-state index in [0.29, 0.717) is 5.56 Å². The summed E-state index contributed by atoms with van der Waals surface area (Å²) in [6, 6.07) is 6.02. The lowest BCUT2D eigenvalue weighted by Gasteiger charge is -2.49. The van der Waals surface area contributed by atoms with Crippen molar-refractivity contribution in [2.24, 2.45) is 5.41 Å². The fourth-order valence-corrected chi connectivity index (χ4v) is 3.82. The van der Waals surface area contributed by atoms with Crippen LogP contribution in [0.5, 0.6) is 0 Å². The Kier molecular flexibility index (Phi) is 3.03. The minimum Gasteiger partial charge on any atom is -0.465 e. The molecule has 1 saturated heterocycles. The Balaban J connectivity index is 1.77. The molecule has 0 aromatic heterocycles. The van der Waals surface area contributed by atoms with Gasteiger partial charge in [0.1, 0.15) is 0 Å². The van der Waals surface area contributed by atoms with Gasteiger partial charge in [0.05, 0.1) is 15.4 Å². The monoisotopic (exact) mass is 287 g/mol. The van der Waals surface area contributed by atoms with Crippen LogP contribution in [0, 0.1) is 12.3 Å². The molecule has 1 N–H and O–H groups in total. The van der Waals surface area contributed by atoms with Crippen molar-refractivity contribution in [2.45, 2.75) is 38.6 Å². The predicted molar refractivity (Wildman–Crippen MR) is 83.3 cm³/mol. The van der Waals surface area contributed by atoms with Gasteiger partial charge >= 0.3 is 5.97 Å². The second kappa shape index (κ2) is 5.30. The number of methoxy groups -OCH3 is 1. The van der Waals surface area contributed by atoms with Gasteiger partial charge < -0.3 is 10.1 Å². The Hall–Kier alpha value is -1.61. The van der Waals surface area contributed by atoms with E-state index in [2.05, 4.69) is 5.32 Å². The van der Waals surface area contributed by atoms with Gasteiger partial charge in [-0.2, -0.15) is 0 Å². The molecule has 1 aliphatic heterocycles. The summed E-state index contributed by atoms with van der Waals surface area (Å²) in [5.74, 6) is -0.306. The van der Waals surface area contributed by atoms with E-state index in [4.69, 9.17) is 7.48 Å². The number of ether oxygens (including phenoxy) is 1. The van der Waals surface area contributed by atoms with Crippen LogP contribution in [0.1, 0.15) is 56.0 Å². The van der Waals surface area contributed by atoms with Crippen LogP contribution in [-0.2, 0) is 4.74 Å². The van der Waals surface area contributed by atoms with Gasteiger partial charge in [-0.15, -0.1) is 0 Å². The number of allylic oxidation sites excluding steroid dienone is 1. The van der Waals surface area contributed by atoms with Crippen molar-refractivity contribution in [3.63, 3.8) is 0 Å². The molecule has 0 amide bonds. The Labute approximate surface area is 129 Å². The van der Waals surface area contributed by atoms with Crippen molar-refractivity contribution >= 4 is 5.97 Å². The predicted octanol–water partition coefficient (Wildman–Crippen LogP) is 3.54. The lowest BCUT2D eigenvalue weighted by molar-refractivity contribution is 0.0600. The summed E-state index contributed by atoms with van der Waals surface area (Å²) < 4.78 is 19.7. The lowest BCUT2D eigenvalue weighted by atomic mass is 9.59. The normalized spacial score (nSPS) is 24.9. The average Bonchev–Trinajstić information content (AvgIpc) is 2.51. The summed E-state index contributed by atoms with van der Waals surface area (Å²) in [6.45, 7) is 2.99. The molecule has 3 heteroatoms. The molecular formula is C18H23NO2. The van der Waals surface area contributed by atoms with E-state index in [1.54, 1.807) is 0 Å². The summed E-state index contributed by atoms with van der Waals surface area (Å²) in [4.78, 5) is 11.6. The zero-order valence-electron chi connectivity index (χ0n) is 14.7. The first-order valence-electron chi connectivity index (χ1n) is 8.52. The van der Waals surface area contributed by atoms with Crippen molar-refractivity contribution in [2.75, 3.05) is 13.7 Å². The van der Waals surface area contributed by atoms with Crippen LogP contribution >= 0.6 is 0 Å². The smallest absolute Gasteiger partial charge is 0.337 e. The number of carbonyl (C=O) groups excluding carboxylic acids is 1. The van der Waals surface area contributed by atoms with E-state index in [0.717, 1.165) is 43.4 Å². The number of rotatable bonds is 2. The van der Waals surface area contributed by atoms with E-state index in [-0.39, 0.29) is 24.0 Å². The number of hydrogen-bond acceptors (Lipinski definition) is 3. The maximum Gasteiger partial charge on any atom is 0.337 e. The standard InChI is InChI=1S/C18H23NO2/c1-12-9-18(10-12)6-7-19-16(11-18)15-5-4-14(8-13(15)2)17(20)21-3/h4-5,8,16,19H,1,6-7,9-11H2,2-3H3/i1D2. The van der Waals surface area contributed by atoms with Gasteiger partial charge in [-0.3, -0.25) is 0 Å². The molecule has 1 aromatic rings. The number of hydrogen-bond donors (Lipinski definition) is 1. The van der Waals surface area contributed by atoms with Gasteiger partial charge in [0, 0.05) is 6.04 Å². The summed E-state index contributed by atoms with van der Waals surface area (Å²) in [7, 11) is 1.40. The van der Waals surface area contributed by atoms with E-state index in [1.165, 1.54) is 12.7 Å². The maximum absolute atomic E-state index is 11.6. The van der Waals surface area contributed by atoms with E-state index >= 15 is 0 Å². The van der Waals surface area contributed by atoms with Crippen LogP contribution in [0.3, 0.4) is 0 Å². The molecule has 3 rings (SSSR count). The van der Waals surface area contributed by atoms with Crippen LogP contribution in [0.15, 0.2) is 30.3 Å². The molecule has 3 nitrogen and oxygen atoms in total. The van der Waals surface area contributed by atoms with Crippen LogP contribution in [0.2, 0.25) is 0 Å². The minimum absolute atomic E-state index is 0.00400. The van der Waals surface area contributed by atoms with E-state index in [9.17, 15) is 4.79 Å². The van der Waals surface area contributed by atoms with Crippen molar-refractivity contribution in [1.29, 1.82) is 0 Å². The Bertz CT molecular complexity index is 657. The molecule has 112 valence electrons. The summed E-state index contributed by atoms with van der Waals surface area (Å²) in [6.07, 6.45) is 3.93. The molecule has 0 bridgehead atoms. The van der Waals surface area contributed by atoms with Crippen LogP contribution in [0.4, 0.5) is 0 Å². The summed E-state index contributed by atoms with van der Waals surface area (Å²) in [5, 5.41) is 3.58. The topological polar surface area (TPSA) is 38.3 Å². The van der Waals surface area contributed by atoms with E-state index < -0.39 is 0 Å². The number of nitrogens with one attached hydrogen (secondary N) is 1. The highest BCUT2D eigenvalue weighted by atomic mass is 16.5. The third-order valence-electron chi connectivity index (χ3n) is 4.93. The second-order valence-electron chi connectivity index (χ2n) is 6.48. The van der Waals surface area contributed by atoms with Gasteiger partial charge in [0.15, 0.2) is 0 Å². The van der Waals surface area contributed by atoms with Gasteiger partial charge in [0.2, 0.25) is 0 Å². The molecule has 1 unspecified atom stereocenters. The highest BCUT2D eigenvalue weighted by Crippen LogP contribution is 2.54. The van der Waals surface area contributed by atoms with Crippen molar-refractivity contribution < 1.29 is 12.3 Å².